The molecule has 4 N–H and O–H groups in total. The fourth-order valence-electron chi connectivity index (χ4n) is 4.23. The minimum Gasteiger partial charge on any atom is -0.357 e. The second-order valence-electron chi connectivity index (χ2n) is 11.4. The Labute approximate surface area is 248 Å². The van der Waals surface area contributed by atoms with Gasteiger partial charge in [-0.1, -0.05) is 65.0 Å². The quantitative estimate of drug-likeness (QED) is 0.238. The van der Waals surface area contributed by atoms with Crippen molar-refractivity contribution >= 4 is 35.4 Å². The van der Waals surface area contributed by atoms with E-state index in [9.17, 15) is 19.2 Å². The molecule has 2 aromatic rings. The Kier molecular flexibility index (Phi) is 13.8. The van der Waals surface area contributed by atoms with E-state index >= 15 is 0 Å². The average Bonchev–Trinajstić information content (AvgIpc) is 2.93. The van der Waals surface area contributed by atoms with Gasteiger partial charge >= 0.3 is 0 Å². The molecule has 2 unspecified atom stereocenters. The Morgan fingerprint density at radius 2 is 1.59 bits per heavy atom. The van der Waals surface area contributed by atoms with Crippen LogP contribution in [0.1, 0.15) is 69.8 Å². The SMILES string of the molecule is CNC(=O)[C@H](Cc1ccccc1)NC(=O)C(CC(C)C)NC(=O)C(CCCNC(=O)c1cccnc1)SC(C)(C)C. The summed E-state index contributed by atoms with van der Waals surface area (Å²) in [7, 11) is 1.54. The molecule has 1 aromatic carbocycles. The summed E-state index contributed by atoms with van der Waals surface area (Å²) in [5, 5.41) is 10.9. The van der Waals surface area contributed by atoms with E-state index in [1.165, 1.54) is 25.0 Å². The third kappa shape index (κ3) is 12.8. The number of carbonyl (C=O) groups excluding carboxylic acids is 4. The summed E-state index contributed by atoms with van der Waals surface area (Å²) in [6.07, 6.45) is 4.99. The number of nitrogens with one attached hydrogen (secondary N) is 4. The molecule has 9 nitrogen and oxygen atoms in total. The smallest absolute Gasteiger partial charge is 0.252 e. The molecule has 3 atom stereocenters. The molecule has 41 heavy (non-hydrogen) atoms. The molecule has 0 radical (unpaired) electrons. The molecule has 0 fully saturated rings. The van der Waals surface area contributed by atoms with Crippen molar-refractivity contribution in [2.45, 2.75) is 82.4 Å². The van der Waals surface area contributed by atoms with Gasteiger partial charge in [-0.15, -0.1) is 11.8 Å². The lowest BCUT2D eigenvalue weighted by atomic mass is 10.0. The van der Waals surface area contributed by atoms with E-state index in [1.807, 2.05) is 65.0 Å². The van der Waals surface area contributed by atoms with Gasteiger partial charge in [-0.25, -0.2) is 0 Å². The van der Waals surface area contributed by atoms with Crippen LogP contribution in [0.5, 0.6) is 0 Å². The molecule has 1 aromatic heterocycles. The van der Waals surface area contributed by atoms with Crippen LogP contribution < -0.4 is 21.3 Å². The van der Waals surface area contributed by atoms with Crippen molar-refractivity contribution in [2.75, 3.05) is 13.6 Å². The number of aromatic nitrogens is 1. The molecular weight excluding hydrogens is 538 g/mol. The molecule has 0 aliphatic carbocycles. The van der Waals surface area contributed by atoms with Crippen LogP contribution in [-0.2, 0) is 20.8 Å². The van der Waals surface area contributed by atoms with Gasteiger partial charge in [-0.3, -0.25) is 24.2 Å². The van der Waals surface area contributed by atoms with Crippen molar-refractivity contribution in [3.8, 4) is 0 Å². The van der Waals surface area contributed by atoms with E-state index in [0.717, 1.165) is 5.56 Å². The van der Waals surface area contributed by atoms with Crippen LogP contribution in [-0.4, -0.2) is 64.3 Å². The van der Waals surface area contributed by atoms with E-state index in [-0.39, 0.29) is 34.3 Å². The second-order valence-corrected chi connectivity index (χ2v) is 13.4. The van der Waals surface area contributed by atoms with E-state index < -0.39 is 17.3 Å². The zero-order valence-electron chi connectivity index (χ0n) is 25.0. The highest BCUT2D eigenvalue weighted by molar-refractivity contribution is 8.01. The van der Waals surface area contributed by atoms with E-state index in [1.54, 1.807) is 18.3 Å². The summed E-state index contributed by atoms with van der Waals surface area (Å²) in [5.74, 6) is -0.998. The maximum absolute atomic E-state index is 13.5. The highest BCUT2D eigenvalue weighted by Gasteiger charge is 2.31. The summed E-state index contributed by atoms with van der Waals surface area (Å²) >= 11 is 1.53. The number of benzene rings is 1. The summed E-state index contributed by atoms with van der Waals surface area (Å²) in [5.41, 5.74) is 1.40. The van der Waals surface area contributed by atoms with Crippen molar-refractivity contribution in [3.05, 3.63) is 66.0 Å². The number of amides is 4. The Bertz CT molecular complexity index is 1120. The largest absolute Gasteiger partial charge is 0.357 e. The zero-order valence-corrected chi connectivity index (χ0v) is 25.8. The number of hydrogen-bond acceptors (Lipinski definition) is 6. The van der Waals surface area contributed by atoms with Crippen LogP contribution in [0.3, 0.4) is 0 Å². The lowest BCUT2D eigenvalue weighted by Gasteiger charge is -2.28. The molecule has 0 bridgehead atoms. The van der Waals surface area contributed by atoms with Gasteiger partial charge in [0.25, 0.3) is 5.91 Å². The summed E-state index contributed by atoms with van der Waals surface area (Å²) in [6.45, 7) is 10.5. The van der Waals surface area contributed by atoms with Crippen LogP contribution >= 0.6 is 11.8 Å². The maximum Gasteiger partial charge on any atom is 0.252 e. The molecule has 0 spiro atoms. The number of pyridine rings is 1. The van der Waals surface area contributed by atoms with Crippen LogP contribution in [0.4, 0.5) is 0 Å². The van der Waals surface area contributed by atoms with Gasteiger partial charge in [0.15, 0.2) is 0 Å². The molecule has 0 saturated heterocycles. The Balaban J connectivity index is 2.08. The van der Waals surface area contributed by atoms with Crippen molar-refractivity contribution in [2.24, 2.45) is 5.92 Å². The van der Waals surface area contributed by atoms with Gasteiger partial charge in [-0.05, 0) is 42.9 Å². The lowest BCUT2D eigenvalue weighted by molar-refractivity contribution is -0.132. The van der Waals surface area contributed by atoms with Gasteiger partial charge in [-0.2, -0.15) is 0 Å². The summed E-state index contributed by atoms with van der Waals surface area (Å²) < 4.78 is -0.198. The van der Waals surface area contributed by atoms with Crippen LogP contribution in [0.2, 0.25) is 0 Å². The topological polar surface area (TPSA) is 129 Å². The maximum atomic E-state index is 13.5. The predicted molar refractivity (Wildman–Crippen MR) is 164 cm³/mol. The summed E-state index contributed by atoms with van der Waals surface area (Å²) in [4.78, 5) is 55.9. The molecule has 4 amide bonds. The van der Waals surface area contributed by atoms with Crippen LogP contribution in [0.25, 0.3) is 0 Å². The van der Waals surface area contributed by atoms with Gasteiger partial charge < -0.3 is 21.3 Å². The molecule has 0 aliphatic rings. The van der Waals surface area contributed by atoms with E-state index in [0.29, 0.717) is 37.8 Å². The highest BCUT2D eigenvalue weighted by Crippen LogP contribution is 2.31. The molecule has 224 valence electrons. The minimum atomic E-state index is -0.793. The normalized spacial score (nSPS) is 13.5. The molecule has 0 aliphatic heterocycles. The van der Waals surface area contributed by atoms with Crippen molar-refractivity contribution < 1.29 is 19.2 Å². The minimum absolute atomic E-state index is 0.134. The van der Waals surface area contributed by atoms with Gasteiger partial charge in [0.05, 0.1) is 10.8 Å². The fraction of sp³-hybridized carbons (Fsp3) is 0.516. The first-order chi connectivity index (χ1) is 19.4. The molecule has 10 heteroatoms. The summed E-state index contributed by atoms with van der Waals surface area (Å²) in [6, 6.07) is 11.3. The number of hydrogen-bond donors (Lipinski definition) is 4. The standard InChI is InChI=1S/C31H45N5O4S/c1-21(2)18-24(29(39)35-25(28(38)32-6)19-22-12-8-7-9-13-22)36-30(40)26(41-31(3,4)5)15-11-17-34-27(37)23-14-10-16-33-20-23/h7-10,12-14,16,20-21,24-26H,11,15,17-19H2,1-6H3,(H,32,38)(H,34,37)(H,35,39)(H,36,40)/t24?,25-,26?/m0/s1. The Morgan fingerprint density at radius 3 is 2.17 bits per heavy atom. The Hall–Kier alpha value is -3.40. The molecule has 1 heterocycles. The Morgan fingerprint density at radius 1 is 0.902 bits per heavy atom. The first-order valence-electron chi connectivity index (χ1n) is 14.1. The number of rotatable bonds is 15. The third-order valence-corrected chi connectivity index (χ3v) is 7.58. The van der Waals surface area contributed by atoms with Crippen LogP contribution in [0, 0.1) is 5.92 Å². The highest BCUT2D eigenvalue weighted by atomic mass is 32.2. The second kappa shape index (κ2) is 16.8. The molecule has 2 rings (SSSR count). The zero-order chi connectivity index (χ0) is 30.4. The fourth-order valence-corrected chi connectivity index (χ4v) is 5.55. The van der Waals surface area contributed by atoms with Crippen molar-refractivity contribution in [1.29, 1.82) is 0 Å². The van der Waals surface area contributed by atoms with Gasteiger partial charge in [0.1, 0.15) is 12.1 Å². The van der Waals surface area contributed by atoms with Gasteiger partial charge in [0.2, 0.25) is 17.7 Å². The third-order valence-electron chi connectivity index (χ3n) is 6.14. The van der Waals surface area contributed by atoms with Crippen molar-refractivity contribution in [1.82, 2.24) is 26.3 Å². The van der Waals surface area contributed by atoms with E-state index in [2.05, 4.69) is 26.3 Å². The number of carbonyl (C=O) groups is 4. The average molecular weight is 584 g/mol. The lowest BCUT2D eigenvalue weighted by Crippen LogP contribution is -2.55. The monoisotopic (exact) mass is 583 g/mol. The van der Waals surface area contributed by atoms with Crippen LogP contribution in [0.15, 0.2) is 54.9 Å². The van der Waals surface area contributed by atoms with Gasteiger partial charge in [0, 0.05) is 37.2 Å². The number of nitrogens with zero attached hydrogens (tertiary/aromatic N) is 1. The van der Waals surface area contributed by atoms with E-state index in [4.69, 9.17) is 0 Å². The number of thioether (sulfide) groups is 1. The molecular formula is C31H45N5O4S. The molecule has 0 saturated carbocycles. The first-order valence-corrected chi connectivity index (χ1v) is 15.0. The first kappa shape index (κ1) is 33.8. The predicted octanol–water partition coefficient (Wildman–Crippen LogP) is 3.50. The number of likely N-dealkylation sites (N-methyl/N-ethyl adjacent to an activating group) is 1. The van der Waals surface area contributed by atoms with Crippen molar-refractivity contribution in [3.63, 3.8) is 0 Å².